The molecule has 0 atom stereocenters. The number of hydrogen-bond donors (Lipinski definition) is 2. The molecule has 6 heteroatoms. The lowest BCUT2D eigenvalue weighted by Crippen LogP contribution is -2.16. The molecule has 0 bridgehead atoms. The fourth-order valence-electron chi connectivity index (χ4n) is 0.888. The van der Waals surface area contributed by atoms with Crippen molar-refractivity contribution in [3.8, 4) is 0 Å². The Morgan fingerprint density at radius 3 is 2.15 bits per heavy atom. The van der Waals surface area contributed by atoms with Crippen LogP contribution >= 0.6 is 7.60 Å². The van der Waals surface area contributed by atoms with Crippen molar-refractivity contribution >= 4 is 13.6 Å². The van der Waals surface area contributed by atoms with E-state index in [0.29, 0.717) is 12.8 Å². The summed E-state index contributed by atoms with van der Waals surface area (Å²) in [6.45, 7) is 3.65. The van der Waals surface area contributed by atoms with Gasteiger partial charge < -0.3 is 14.5 Å². The van der Waals surface area contributed by atoms with Gasteiger partial charge in [-0.25, -0.2) is 0 Å². The molecule has 0 radical (unpaired) electrons. The van der Waals surface area contributed by atoms with E-state index < -0.39 is 19.9 Å². The van der Waals surface area contributed by atoms with E-state index >= 15 is 0 Å². The lowest BCUT2D eigenvalue weighted by molar-refractivity contribution is -0.147. The summed E-state index contributed by atoms with van der Waals surface area (Å²) in [5, 5.41) is 0. The van der Waals surface area contributed by atoms with Crippen LogP contribution in [0.15, 0.2) is 0 Å². The highest BCUT2D eigenvalue weighted by molar-refractivity contribution is 7.51. The molecular formula is C7H15O5P. The predicted octanol–water partition coefficient (Wildman–Crippen LogP) is 1.10. The highest BCUT2D eigenvalue weighted by atomic mass is 31.2. The standard InChI is InChI=1S/C7H15O5P/c1-3-6(4-2)7(8)12-5-13(9,10)11/h6H,3-5H2,1-2H3,(H2,9,10,11). The Labute approximate surface area is 77.3 Å². The summed E-state index contributed by atoms with van der Waals surface area (Å²) in [6, 6.07) is 0. The number of carbonyl (C=O) groups excluding carboxylic acids is 1. The van der Waals surface area contributed by atoms with Gasteiger partial charge in [0.25, 0.3) is 0 Å². The predicted molar refractivity (Wildman–Crippen MR) is 47.1 cm³/mol. The molecule has 13 heavy (non-hydrogen) atoms. The van der Waals surface area contributed by atoms with E-state index in [4.69, 9.17) is 9.79 Å². The Morgan fingerprint density at radius 1 is 1.38 bits per heavy atom. The van der Waals surface area contributed by atoms with Gasteiger partial charge in [-0.15, -0.1) is 0 Å². The minimum atomic E-state index is -4.22. The first kappa shape index (κ1) is 12.6. The van der Waals surface area contributed by atoms with Crippen LogP contribution in [0.1, 0.15) is 26.7 Å². The highest BCUT2D eigenvalue weighted by Crippen LogP contribution is 2.34. The summed E-state index contributed by atoms with van der Waals surface area (Å²) in [5.74, 6) is -0.792. The van der Waals surface area contributed by atoms with Crippen LogP contribution in [0.4, 0.5) is 0 Å². The molecule has 2 N–H and O–H groups in total. The SMILES string of the molecule is CCC(CC)C(=O)OCP(=O)(O)O. The van der Waals surface area contributed by atoms with E-state index in [2.05, 4.69) is 4.74 Å². The van der Waals surface area contributed by atoms with Crippen LogP contribution in [0, 0.1) is 5.92 Å². The largest absolute Gasteiger partial charge is 0.452 e. The maximum Gasteiger partial charge on any atom is 0.362 e. The molecule has 0 aromatic rings. The summed E-state index contributed by atoms with van der Waals surface area (Å²) in [5.41, 5.74) is 0. The fourth-order valence-corrected chi connectivity index (χ4v) is 1.18. The van der Waals surface area contributed by atoms with Gasteiger partial charge in [0, 0.05) is 0 Å². The van der Waals surface area contributed by atoms with Crippen molar-refractivity contribution in [1.82, 2.24) is 0 Å². The maximum absolute atomic E-state index is 11.1. The van der Waals surface area contributed by atoms with Crippen molar-refractivity contribution in [1.29, 1.82) is 0 Å². The lowest BCUT2D eigenvalue weighted by Gasteiger charge is -2.11. The van der Waals surface area contributed by atoms with Crippen LogP contribution in [0.25, 0.3) is 0 Å². The summed E-state index contributed by atoms with van der Waals surface area (Å²) in [7, 11) is -4.22. The van der Waals surface area contributed by atoms with Crippen molar-refractivity contribution in [3.05, 3.63) is 0 Å². The zero-order valence-electron chi connectivity index (χ0n) is 7.77. The zero-order valence-corrected chi connectivity index (χ0v) is 8.66. The Kier molecular flexibility index (Phi) is 5.21. The van der Waals surface area contributed by atoms with Crippen LogP contribution < -0.4 is 0 Å². The van der Waals surface area contributed by atoms with E-state index in [1.165, 1.54) is 0 Å². The molecule has 0 aromatic heterocycles. The van der Waals surface area contributed by atoms with E-state index in [1.54, 1.807) is 0 Å². The molecule has 0 amide bonds. The second-order valence-electron chi connectivity index (χ2n) is 2.77. The van der Waals surface area contributed by atoms with E-state index in [1.807, 2.05) is 13.8 Å². The van der Waals surface area contributed by atoms with Crippen molar-refractivity contribution in [3.63, 3.8) is 0 Å². The van der Waals surface area contributed by atoms with Gasteiger partial charge in [-0.2, -0.15) is 0 Å². The van der Waals surface area contributed by atoms with Crippen LogP contribution in [0.2, 0.25) is 0 Å². The van der Waals surface area contributed by atoms with Crippen LogP contribution in [-0.2, 0) is 14.1 Å². The summed E-state index contributed by atoms with van der Waals surface area (Å²) in [6.07, 6.45) is 0.426. The minimum absolute atomic E-state index is 0.258. The Morgan fingerprint density at radius 2 is 1.85 bits per heavy atom. The van der Waals surface area contributed by atoms with Crippen molar-refractivity contribution in [2.75, 3.05) is 6.35 Å². The van der Waals surface area contributed by atoms with Gasteiger partial charge in [0.1, 0.15) is 0 Å². The van der Waals surface area contributed by atoms with Gasteiger partial charge in [0.2, 0.25) is 0 Å². The third kappa shape index (κ3) is 5.80. The molecule has 78 valence electrons. The molecule has 0 aliphatic rings. The van der Waals surface area contributed by atoms with E-state index in [-0.39, 0.29) is 5.92 Å². The van der Waals surface area contributed by atoms with Crippen molar-refractivity contribution in [2.45, 2.75) is 26.7 Å². The Bertz CT molecular complexity index is 205. The molecule has 0 saturated carbocycles. The third-order valence-corrected chi connectivity index (χ3v) is 2.16. The first-order chi connectivity index (χ1) is 5.90. The van der Waals surface area contributed by atoms with Crippen LogP contribution in [0.3, 0.4) is 0 Å². The molecule has 0 heterocycles. The zero-order chi connectivity index (χ0) is 10.5. The molecule has 0 aromatic carbocycles. The van der Waals surface area contributed by atoms with E-state index in [0.717, 1.165) is 0 Å². The summed E-state index contributed by atoms with van der Waals surface area (Å²) < 4.78 is 14.8. The molecule has 0 aliphatic heterocycles. The number of carbonyl (C=O) groups is 1. The van der Waals surface area contributed by atoms with Gasteiger partial charge >= 0.3 is 13.6 Å². The molecule has 0 unspecified atom stereocenters. The van der Waals surface area contributed by atoms with Gasteiger partial charge in [-0.1, -0.05) is 13.8 Å². The monoisotopic (exact) mass is 210 g/mol. The van der Waals surface area contributed by atoms with Crippen LogP contribution in [-0.4, -0.2) is 22.1 Å². The second kappa shape index (κ2) is 5.37. The molecular weight excluding hydrogens is 195 g/mol. The molecule has 0 saturated heterocycles. The Hall–Kier alpha value is -0.380. The molecule has 5 nitrogen and oxygen atoms in total. The molecule has 0 spiro atoms. The Balaban J connectivity index is 3.93. The summed E-state index contributed by atoms with van der Waals surface area (Å²) >= 11 is 0. The molecule has 0 aliphatic carbocycles. The summed E-state index contributed by atoms with van der Waals surface area (Å²) in [4.78, 5) is 27.9. The second-order valence-corrected chi connectivity index (χ2v) is 4.36. The number of rotatable bonds is 5. The average Bonchev–Trinajstić information content (AvgIpc) is 2.02. The maximum atomic E-state index is 11.1. The topological polar surface area (TPSA) is 83.8 Å². The quantitative estimate of drug-likeness (QED) is 0.524. The van der Waals surface area contributed by atoms with Crippen molar-refractivity contribution in [2.24, 2.45) is 5.92 Å². The van der Waals surface area contributed by atoms with Gasteiger partial charge in [-0.3, -0.25) is 9.36 Å². The van der Waals surface area contributed by atoms with Gasteiger partial charge in [0.05, 0.1) is 5.92 Å². The minimum Gasteiger partial charge on any atom is -0.452 e. The first-order valence-electron chi connectivity index (χ1n) is 4.12. The number of ether oxygens (including phenoxy) is 1. The highest BCUT2D eigenvalue weighted by Gasteiger charge is 2.20. The number of esters is 1. The van der Waals surface area contributed by atoms with Gasteiger partial charge in [-0.05, 0) is 12.8 Å². The normalized spacial score (nSPS) is 11.8. The first-order valence-corrected chi connectivity index (χ1v) is 5.91. The number of hydrogen-bond acceptors (Lipinski definition) is 3. The molecule has 0 rings (SSSR count). The van der Waals surface area contributed by atoms with Crippen molar-refractivity contribution < 1.29 is 23.9 Å². The van der Waals surface area contributed by atoms with E-state index in [9.17, 15) is 9.36 Å². The van der Waals surface area contributed by atoms with Gasteiger partial charge in [0.15, 0.2) is 6.35 Å². The van der Waals surface area contributed by atoms with Crippen LogP contribution in [0.5, 0.6) is 0 Å². The smallest absolute Gasteiger partial charge is 0.362 e. The molecule has 0 fully saturated rings. The third-order valence-electron chi connectivity index (χ3n) is 1.69. The fraction of sp³-hybridized carbons (Fsp3) is 0.857. The lowest BCUT2D eigenvalue weighted by atomic mass is 10.0. The average molecular weight is 210 g/mol.